The van der Waals surface area contributed by atoms with E-state index in [1.807, 2.05) is 20.8 Å². The highest BCUT2D eigenvalue weighted by Gasteiger charge is 2.34. The number of carbonyl (C=O) groups excluding carboxylic acids is 3. The van der Waals surface area contributed by atoms with Gasteiger partial charge >= 0.3 is 0 Å². The van der Waals surface area contributed by atoms with Crippen LogP contribution in [0.3, 0.4) is 0 Å². The Hall–Kier alpha value is -2.57. The summed E-state index contributed by atoms with van der Waals surface area (Å²) < 4.78 is 5.10. The van der Waals surface area contributed by atoms with E-state index in [1.54, 1.807) is 36.3 Å². The normalized spacial score (nSPS) is 16.7. The molecule has 0 saturated carbocycles. The average molecular weight is 375 g/mol. The minimum atomic E-state index is -0.515. The van der Waals surface area contributed by atoms with E-state index in [-0.39, 0.29) is 29.7 Å². The summed E-state index contributed by atoms with van der Waals surface area (Å²) in [5.74, 6) is 0.0997. The zero-order chi connectivity index (χ0) is 20.0. The molecule has 1 aliphatic rings. The lowest BCUT2D eigenvalue weighted by Gasteiger charge is -2.24. The van der Waals surface area contributed by atoms with Gasteiger partial charge in [-0.05, 0) is 42.5 Å². The summed E-state index contributed by atoms with van der Waals surface area (Å²) in [5.41, 5.74) is 0.514. The van der Waals surface area contributed by atoms with Crippen LogP contribution in [0, 0.1) is 5.41 Å². The van der Waals surface area contributed by atoms with Crippen molar-refractivity contribution in [2.75, 3.05) is 25.5 Å². The van der Waals surface area contributed by atoms with Crippen molar-refractivity contribution in [1.29, 1.82) is 0 Å². The molecule has 148 valence electrons. The van der Waals surface area contributed by atoms with Crippen LogP contribution < -0.4 is 15.4 Å². The Morgan fingerprint density at radius 2 is 1.85 bits per heavy atom. The van der Waals surface area contributed by atoms with E-state index in [9.17, 15) is 14.4 Å². The standard InChI is InChI=1S/C20H29N3O4/c1-20(2,3)12-17(24)21-13-18(25)23-11-5-6-16(23)19(26)22-14-7-9-15(27-4)10-8-14/h7-10,16H,5-6,11-13H2,1-4H3,(H,21,24)(H,22,26)/t16-/m0/s1. The SMILES string of the molecule is COc1ccc(NC(=O)[C@@H]2CCCN2C(=O)CNC(=O)CC(C)(C)C)cc1. The molecule has 1 saturated heterocycles. The van der Waals surface area contributed by atoms with Crippen molar-refractivity contribution in [3.8, 4) is 5.75 Å². The fourth-order valence-electron chi connectivity index (χ4n) is 3.06. The molecule has 7 nitrogen and oxygen atoms in total. The molecule has 3 amide bonds. The van der Waals surface area contributed by atoms with Gasteiger partial charge in [0.25, 0.3) is 0 Å². The van der Waals surface area contributed by atoms with Gasteiger partial charge in [-0.1, -0.05) is 20.8 Å². The monoisotopic (exact) mass is 375 g/mol. The second-order valence-corrected chi connectivity index (χ2v) is 7.98. The van der Waals surface area contributed by atoms with Crippen molar-refractivity contribution in [1.82, 2.24) is 10.2 Å². The molecule has 0 aromatic heterocycles. The summed E-state index contributed by atoms with van der Waals surface area (Å²) in [6.07, 6.45) is 1.73. The van der Waals surface area contributed by atoms with Gasteiger partial charge in [-0.15, -0.1) is 0 Å². The maximum absolute atomic E-state index is 12.6. The minimum absolute atomic E-state index is 0.0821. The van der Waals surface area contributed by atoms with Gasteiger partial charge in [-0.3, -0.25) is 14.4 Å². The van der Waals surface area contributed by atoms with Crippen LogP contribution in [0.2, 0.25) is 0 Å². The number of ether oxygens (including phenoxy) is 1. The van der Waals surface area contributed by atoms with E-state index in [2.05, 4.69) is 10.6 Å². The highest BCUT2D eigenvalue weighted by molar-refractivity contribution is 5.98. The smallest absolute Gasteiger partial charge is 0.247 e. The van der Waals surface area contributed by atoms with Crippen LogP contribution >= 0.6 is 0 Å². The summed E-state index contributed by atoms with van der Waals surface area (Å²) in [4.78, 5) is 38.5. The van der Waals surface area contributed by atoms with Crippen molar-refractivity contribution < 1.29 is 19.1 Å². The van der Waals surface area contributed by atoms with Gasteiger partial charge in [-0.25, -0.2) is 0 Å². The summed E-state index contributed by atoms with van der Waals surface area (Å²) in [6, 6.07) is 6.52. The third-order valence-electron chi connectivity index (χ3n) is 4.36. The molecule has 1 aromatic rings. The number of methoxy groups -OCH3 is 1. The van der Waals surface area contributed by atoms with E-state index < -0.39 is 6.04 Å². The highest BCUT2D eigenvalue weighted by Crippen LogP contribution is 2.21. The Labute approximate surface area is 160 Å². The molecule has 1 aromatic carbocycles. The molecular formula is C20H29N3O4. The van der Waals surface area contributed by atoms with E-state index in [1.165, 1.54) is 0 Å². The first-order valence-corrected chi connectivity index (χ1v) is 9.21. The Morgan fingerprint density at radius 1 is 1.19 bits per heavy atom. The minimum Gasteiger partial charge on any atom is -0.497 e. The van der Waals surface area contributed by atoms with Gasteiger partial charge in [0.1, 0.15) is 11.8 Å². The second kappa shape index (κ2) is 8.88. The quantitative estimate of drug-likeness (QED) is 0.798. The fraction of sp³-hybridized carbons (Fsp3) is 0.550. The van der Waals surface area contributed by atoms with Gasteiger partial charge in [0.2, 0.25) is 17.7 Å². The van der Waals surface area contributed by atoms with Crippen molar-refractivity contribution in [2.24, 2.45) is 5.41 Å². The number of rotatable bonds is 6. The fourth-order valence-corrected chi connectivity index (χ4v) is 3.06. The van der Waals surface area contributed by atoms with Crippen molar-refractivity contribution in [3.05, 3.63) is 24.3 Å². The third-order valence-corrected chi connectivity index (χ3v) is 4.36. The maximum Gasteiger partial charge on any atom is 0.247 e. The molecule has 1 atom stereocenters. The van der Waals surface area contributed by atoms with E-state index in [4.69, 9.17) is 4.74 Å². The number of hydrogen-bond acceptors (Lipinski definition) is 4. The van der Waals surface area contributed by atoms with Gasteiger partial charge in [0, 0.05) is 18.7 Å². The van der Waals surface area contributed by atoms with Gasteiger partial charge in [0.05, 0.1) is 13.7 Å². The lowest BCUT2D eigenvalue weighted by atomic mass is 9.92. The van der Waals surface area contributed by atoms with Crippen LogP contribution in [0.15, 0.2) is 24.3 Å². The number of anilines is 1. The van der Waals surface area contributed by atoms with E-state index in [0.29, 0.717) is 30.8 Å². The highest BCUT2D eigenvalue weighted by atomic mass is 16.5. The molecule has 2 rings (SSSR count). The number of nitrogens with one attached hydrogen (secondary N) is 2. The molecule has 1 aliphatic heterocycles. The Bertz CT molecular complexity index is 679. The predicted octanol–water partition coefficient (Wildman–Crippen LogP) is 2.18. The van der Waals surface area contributed by atoms with Crippen LogP contribution in [0.5, 0.6) is 5.75 Å². The third kappa shape index (κ3) is 6.27. The average Bonchev–Trinajstić information content (AvgIpc) is 3.09. The first-order chi connectivity index (χ1) is 12.7. The van der Waals surface area contributed by atoms with Crippen LogP contribution in [0.4, 0.5) is 5.69 Å². The molecular weight excluding hydrogens is 346 g/mol. The maximum atomic E-state index is 12.6. The lowest BCUT2D eigenvalue weighted by molar-refractivity contribution is -0.137. The Morgan fingerprint density at radius 3 is 2.44 bits per heavy atom. The van der Waals surface area contributed by atoms with Crippen molar-refractivity contribution in [2.45, 2.75) is 46.1 Å². The molecule has 0 spiro atoms. The lowest BCUT2D eigenvalue weighted by Crippen LogP contribution is -2.47. The number of benzene rings is 1. The summed E-state index contributed by atoms with van der Waals surface area (Å²) in [5, 5.41) is 5.50. The number of likely N-dealkylation sites (tertiary alicyclic amines) is 1. The number of hydrogen-bond donors (Lipinski definition) is 2. The number of amides is 3. The predicted molar refractivity (Wildman–Crippen MR) is 103 cm³/mol. The molecule has 0 aliphatic carbocycles. The molecule has 0 bridgehead atoms. The molecule has 2 N–H and O–H groups in total. The van der Waals surface area contributed by atoms with E-state index >= 15 is 0 Å². The zero-order valence-electron chi connectivity index (χ0n) is 16.5. The number of nitrogens with zero attached hydrogens (tertiary/aromatic N) is 1. The second-order valence-electron chi connectivity index (χ2n) is 7.98. The number of carbonyl (C=O) groups is 3. The molecule has 0 radical (unpaired) electrons. The molecule has 1 heterocycles. The van der Waals surface area contributed by atoms with Crippen LogP contribution in [-0.4, -0.2) is 48.9 Å². The molecule has 0 unspecified atom stereocenters. The van der Waals surface area contributed by atoms with E-state index in [0.717, 1.165) is 6.42 Å². The Balaban J connectivity index is 1.90. The summed E-state index contributed by atoms with van der Waals surface area (Å²) in [7, 11) is 1.58. The van der Waals surface area contributed by atoms with Crippen LogP contribution in [-0.2, 0) is 14.4 Å². The largest absolute Gasteiger partial charge is 0.497 e. The van der Waals surface area contributed by atoms with Crippen molar-refractivity contribution >= 4 is 23.4 Å². The van der Waals surface area contributed by atoms with Gasteiger partial charge < -0.3 is 20.3 Å². The zero-order valence-corrected chi connectivity index (χ0v) is 16.5. The van der Waals surface area contributed by atoms with Gasteiger partial charge in [-0.2, -0.15) is 0 Å². The molecule has 27 heavy (non-hydrogen) atoms. The summed E-state index contributed by atoms with van der Waals surface area (Å²) >= 11 is 0. The topological polar surface area (TPSA) is 87.7 Å². The summed E-state index contributed by atoms with van der Waals surface area (Å²) in [6.45, 7) is 6.34. The first kappa shape index (κ1) is 20.7. The molecule has 7 heteroatoms. The molecule has 1 fully saturated rings. The Kier molecular flexibility index (Phi) is 6.82. The van der Waals surface area contributed by atoms with Gasteiger partial charge in [0.15, 0.2) is 0 Å². The van der Waals surface area contributed by atoms with Crippen LogP contribution in [0.1, 0.15) is 40.0 Å². The van der Waals surface area contributed by atoms with Crippen molar-refractivity contribution in [3.63, 3.8) is 0 Å². The first-order valence-electron chi connectivity index (χ1n) is 9.21. The van der Waals surface area contributed by atoms with Crippen LogP contribution in [0.25, 0.3) is 0 Å².